The van der Waals surface area contributed by atoms with Crippen LogP contribution in [0.3, 0.4) is 0 Å². The second-order valence-electron chi connectivity index (χ2n) is 7.13. The van der Waals surface area contributed by atoms with Gasteiger partial charge in [-0.1, -0.05) is 13.8 Å². The van der Waals surface area contributed by atoms with Crippen LogP contribution in [0.4, 0.5) is 0 Å². The summed E-state index contributed by atoms with van der Waals surface area (Å²) in [5.74, 6) is 3.35. The van der Waals surface area contributed by atoms with E-state index in [9.17, 15) is 4.79 Å². The molecule has 3 saturated carbocycles. The Labute approximate surface area is 105 Å². The van der Waals surface area contributed by atoms with Gasteiger partial charge in [-0.2, -0.15) is 0 Å². The molecule has 17 heavy (non-hydrogen) atoms. The third kappa shape index (κ3) is 2.05. The number of hydrogen-bond donors (Lipinski definition) is 0. The number of carbonyl (C=O) groups excluding carboxylic acids is 1. The van der Waals surface area contributed by atoms with E-state index in [1.807, 2.05) is 0 Å². The maximum absolute atomic E-state index is 11.2. The second kappa shape index (κ2) is 4.08. The lowest BCUT2D eigenvalue weighted by Gasteiger charge is -2.59. The topological polar surface area (TPSA) is 20.3 Å². The van der Waals surface area contributed by atoms with E-state index in [2.05, 4.69) is 18.7 Å². The van der Waals surface area contributed by atoms with Gasteiger partial charge in [-0.3, -0.25) is 4.79 Å². The Hall–Kier alpha value is -0.370. The first-order chi connectivity index (χ1) is 8.05. The minimum atomic E-state index is 0.467. The molecular weight excluding hydrogens is 210 g/mol. The predicted octanol–water partition coefficient (Wildman–Crippen LogP) is 2.72. The molecule has 0 aromatic heterocycles. The van der Waals surface area contributed by atoms with Gasteiger partial charge < -0.3 is 4.90 Å². The van der Waals surface area contributed by atoms with E-state index in [-0.39, 0.29) is 0 Å². The maximum Gasteiger partial charge on any atom is 0.135 e. The maximum atomic E-state index is 11.2. The average Bonchev–Trinajstić information content (AvgIpc) is 2.32. The third-order valence-electron chi connectivity index (χ3n) is 5.84. The molecule has 2 nitrogen and oxygen atoms in total. The number of fused-ring (bicyclic) bond motifs is 2. The Balaban J connectivity index is 1.50. The number of Topliss-reactive ketones (excluding diaryl/α,β-unsaturated/α-hetero) is 1. The first-order valence-electron chi connectivity index (χ1n) is 7.30. The van der Waals surface area contributed by atoms with E-state index in [0.29, 0.717) is 11.2 Å². The van der Waals surface area contributed by atoms with Gasteiger partial charge in [0.15, 0.2) is 0 Å². The summed E-state index contributed by atoms with van der Waals surface area (Å²) in [5.41, 5.74) is 0.633. The fourth-order valence-electron chi connectivity index (χ4n) is 4.32. The molecule has 0 radical (unpaired) electrons. The van der Waals surface area contributed by atoms with Crippen molar-refractivity contribution >= 4 is 5.78 Å². The molecule has 0 N–H and O–H groups in total. The second-order valence-corrected chi connectivity index (χ2v) is 7.13. The van der Waals surface area contributed by atoms with E-state index in [1.165, 1.54) is 25.8 Å². The Morgan fingerprint density at radius 3 is 2.24 bits per heavy atom. The Kier molecular flexibility index (Phi) is 2.81. The molecule has 96 valence electrons. The lowest BCUT2D eigenvalue weighted by atomic mass is 9.47. The fraction of sp³-hybridized carbons (Fsp3) is 0.933. The van der Waals surface area contributed by atoms with E-state index >= 15 is 0 Å². The molecule has 4 rings (SSSR count). The highest BCUT2D eigenvalue weighted by molar-refractivity contribution is 5.79. The van der Waals surface area contributed by atoms with Crippen molar-refractivity contribution < 1.29 is 4.79 Å². The molecule has 1 heterocycles. The summed E-state index contributed by atoms with van der Waals surface area (Å²) in [6, 6.07) is 0. The Bertz CT molecular complexity index is 299. The molecule has 4 aliphatic rings. The number of nitrogens with zero attached hydrogens (tertiary/aromatic N) is 1. The quantitative estimate of drug-likeness (QED) is 0.733. The summed E-state index contributed by atoms with van der Waals surface area (Å²) in [4.78, 5) is 13.7. The number of carbonyl (C=O) groups is 1. The molecular formula is C15H25NO. The molecule has 0 aromatic rings. The van der Waals surface area contributed by atoms with E-state index < -0.39 is 0 Å². The molecule has 1 saturated heterocycles. The number of hydrogen-bond acceptors (Lipinski definition) is 2. The van der Waals surface area contributed by atoms with Gasteiger partial charge in [-0.05, 0) is 42.4 Å². The van der Waals surface area contributed by atoms with Crippen molar-refractivity contribution in [3.05, 3.63) is 0 Å². The van der Waals surface area contributed by atoms with Gasteiger partial charge in [0, 0.05) is 32.5 Å². The van der Waals surface area contributed by atoms with Crippen LogP contribution in [-0.2, 0) is 4.79 Å². The van der Waals surface area contributed by atoms with E-state index in [4.69, 9.17) is 0 Å². The number of piperidine rings is 1. The molecule has 0 aromatic carbocycles. The highest BCUT2D eigenvalue weighted by Gasteiger charge is 2.52. The van der Waals surface area contributed by atoms with Crippen molar-refractivity contribution in [3.8, 4) is 0 Å². The minimum Gasteiger partial charge on any atom is -0.302 e. The lowest BCUT2D eigenvalue weighted by molar-refractivity contribution is -0.122. The largest absolute Gasteiger partial charge is 0.302 e. The van der Waals surface area contributed by atoms with Crippen LogP contribution in [0.15, 0.2) is 0 Å². The van der Waals surface area contributed by atoms with Gasteiger partial charge in [0.05, 0.1) is 0 Å². The number of rotatable bonds is 2. The van der Waals surface area contributed by atoms with Crippen molar-refractivity contribution in [2.24, 2.45) is 23.2 Å². The van der Waals surface area contributed by atoms with Crippen molar-refractivity contribution in [3.63, 3.8) is 0 Å². The van der Waals surface area contributed by atoms with Crippen LogP contribution < -0.4 is 0 Å². The molecule has 3 aliphatic carbocycles. The summed E-state index contributed by atoms with van der Waals surface area (Å²) >= 11 is 0. The van der Waals surface area contributed by atoms with Crippen molar-refractivity contribution in [2.45, 2.75) is 46.0 Å². The molecule has 4 fully saturated rings. The summed E-state index contributed by atoms with van der Waals surface area (Å²) in [7, 11) is 0. The fourth-order valence-corrected chi connectivity index (χ4v) is 4.32. The third-order valence-corrected chi connectivity index (χ3v) is 5.84. The zero-order valence-corrected chi connectivity index (χ0v) is 11.2. The van der Waals surface area contributed by atoms with Crippen LogP contribution >= 0.6 is 0 Å². The molecule has 1 aliphatic heterocycles. The van der Waals surface area contributed by atoms with Crippen LogP contribution in [0.2, 0.25) is 0 Å². The van der Waals surface area contributed by atoms with Crippen molar-refractivity contribution in [1.82, 2.24) is 4.90 Å². The van der Waals surface area contributed by atoms with Gasteiger partial charge in [-0.25, -0.2) is 0 Å². The number of likely N-dealkylation sites (tertiary alicyclic amines) is 1. The molecule has 2 unspecified atom stereocenters. The smallest absolute Gasteiger partial charge is 0.135 e. The highest BCUT2D eigenvalue weighted by atomic mass is 16.1. The summed E-state index contributed by atoms with van der Waals surface area (Å²) < 4.78 is 0. The first kappa shape index (κ1) is 11.7. The van der Waals surface area contributed by atoms with Crippen molar-refractivity contribution in [2.75, 3.05) is 19.6 Å². The lowest BCUT2D eigenvalue weighted by Crippen LogP contribution is -2.52. The van der Waals surface area contributed by atoms with Gasteiger partial charge >= 0.3 is 0 Å². The summed E-state index contributed by atoms with van der Waals surface area (Å²) in [6.45, 7) is 8.22. The van der Waals surface area contributed by atoms with Gasteiger partial charge in [0.1, 0.15) is 5.78 Å². The minimum absolute atomic E-state index is 0.467. The predicted molar refractivity (Wildman–Crippen MR) is 68.8 cm³/mol. The van der Waals surface area contributed by atoms with Gasteiger partial charge in [0.25, 0.3) is 0 Å². The van der Waals surface area contributed by atoms with Gasteiger partial charge in [-0.15, -0.1) is 0 Å². The first-order valence-corrected chi connectivity index (χ1v) is 7.30. The molecule has 0 spiro atoms. The monoisotopic (exact) mass is 235 g/mol. The summed E-state index contributed by atoms with van der Waals surface area (Å²) in [5, 5.41) is 0. The van der Waals surface area contributed by atoms with Crippen LogP contribution in [0.25, 0.3) is 0 Å². The standard InChI is InChI=1S/C15H25NO/c1-15(2)12-7-11(8-13(15)9-12)10-16-5-3-14(17)4-6-16/h11-13H,3-10H2,1-2H3. The van der Waals surface area contributed by atoms with Crippen LogP contribution in [0.1, 0.15) is 46.0 Å². The van der Waals surface area contributed by atoms with E-state index in [1.54, 1.807) is 0 Å². The Morgan fingerprint density at radius 1 is 1.12 bits per heavy atom. The SMILES string of the molecule is CC1(C)C2CC(CN3CCC(=O)CC3)CC1C2. The average molecular weight is 235 g/mol. The van der Waals surface area contributed by atoms with E-state index in [0.717, 1.165) is 43.7 Å². The van der Waals surface area contributed by atoms with Crippen LogP contribution in [-0.4, -0.2) is 30.3 Å². The number of ketones is 1. The summed E-state index contributed by atoms with van der Waals surface area (Å²) in [6.07, 6.45) is 5.96. The van der Waals surface area contributed by atoms with Crippen LogP contribution in [0.5, 0.6) is 0 Å². The molecule has 2 atom stereocenters. The zero-order valence-electron chi connectivity index (χ0n) is 11.2. The van der Waals surface area contributed by atoms with Crippen LogP contribution in [0, 0.1) is 23.2 Å². The molecule has 2 heteroatoms. The van der Waals surface area contributed by atoms with Crippen molar-refractivity contribution in [1.29, 1.82) is 0 Å². The molecule has 2 bridgehead atoms. The molecule has 0 amide bonds. The normalized spacial score (nSPS) is 41.1. The zero-order chi connectivity index (χ0) is 12.0. The Morgan fingerprint density at radius 2 is 1.71 bits per heavy atom. The highest BCUT2D eigenvalue weighted by Crippen LogP contribution is 2.60. The van der Waals surface area contributed by atoms with Gasteiger partial charge in [0.2, 0.25) is 0 Å².